The number of aromatic nitrogens is 2. The second kappa shape index (κ2) is 3.87. The van der Waals surface area contributed by atoms with Crippen LogP contribution in [0.5, 0.6) is 0 Å². The van der Waals surface area contributed by atoms with Crippen molar-refractivity contribution in [3.05, 3.63) is 18.0 Å². The molecule has 0 fully saturated rings. The lowest BCUT2D eigenvalue weighted by Gasteiger charge is -2.04. The zero-order chi connectivity index (χ0) is 8.97. The van der Waals surface area contributed by atoms with Crippen LogP contribution in [-0.2, 0) is 11.3 Å². The van der Waals surface area contributed by atoms with Gasteiger partial charge in [-0.2, -0.15) is 5.10 Å². The Morgan fingerprint density at radius 2 is 2.67 bits per heavy atom. The van der Waals surface area contributed by atoms with Crippen molar-refractivity contribution in [2.24, 2.45) is 0 Å². The summed E-state index contributed by atoms with van der Waals surface area (Å²) in [7, 11) is 0. The van der Waals surface area contributed by atoms with Crippen LogP contribution in [0.3, 0.4) is 0 Å². The fourth-order valence-corrected chi connectivity index (χ4v) is 0.711. The van der Waals surface area contributed by atoms with Crippen molar-refractivity contribution in [3.8, 4) is 0 Å². The number of amides is 1. The number of nitrogens with one attached hydrogen (secondary N) is 2. The molecule has 1 aromatic heterocycles. The van der Waals surface area contributed by atoms with Gasteiger partial charge in [-0.3, -0.25) is 9.89 Å². The number of hydrogen-bond donors (Lipinski definition) is 3. The van der Waals surface area contributed by atoms with Gasteiger partial charge in [-0.1, -0.05) is 0 Å². The molecule has 5 nitrogen and oxygen atoms in total. The highest BCUT2D eigenvalue weighted by molar-refractivity contribution is 5.79. The number of rotatable bonds is 3. The van der Waals surface area contributed by atoms with E-state index in [2.05, 4.69) is 15.5 Å². The molecule has 0 aliphatic carbocycles. The SMILES string of the molecule is C[C@@H](O)C(=O)NCc1cn[nH]c1. The summed E-state index contributed by atoms with van der Waals surface area (Å²) in [6, 6.07) is 0. The normalized spacial score (nSPS) is 12.5. The Morgan fingerprint density at radius 1 is 1.92 bits per heavy atom. The van der Waals surface area contributed by atoms with Crippen molar-refractivity contribution >= 4 is 5.91 Å². The molecule has 1 amide bonds. The minimum Gasteiger partial charge on any atom is -0.384 e. The smallest absolute Gasteiger partial charge is 0.248 e. The van der Waals surface area contributed by atoms with Crippen LogP contribution in [0.2, 0.25) is 0 Å². The van der Waals surface area contributed by atoms with Crippen molar-refractivity contribution in [2.45, 2.75) is 19.6 Å². The van der Waals surface area contributed by atoms with Gasteiger partial charge in [-0.05, 0) is 6.92 Å². The second-order valence-electron chi connectivity index (χ2n) is 2.50. The fraction of sp³-hybridized carbons (Fsp3) is 0.429. The lowest BCUT2D eigenvalue weighted by atomic mass is 10.3. The Balaban J connectivity index is 2.32. The maximum absolute atomic E-state index is 10.8. The van der Waals surface area contributed by atoms with Crippen LogP contribution in [0.25, 0.3) is 0 Å². The molecule has 3 N–H and O–H groups in total. The molecule has 0 aliphatic heterocycles. The van der Waals surface area contributed by atoms with E-state index in [0.29, 0.717) is 6.54 Å². The minimum absolute atomic E-state index is 0.379. The van der Waals surface area contributed by atoms with Gasteiger partial charge in [0.05, 0.1) is 6.20 Å². The van der Waals surface area contributed by atoms with Gasteiger partial charge in [0.25, 0.3) is 0 Å². The summed E-state index contributed by atoms with van der Waals surface area (Å²) in [6.45, 7) is 1.81. The van der Waals surface area contributed by atoms with Crippen molar-refractivity contribution in [1.82, 2.24) is 15.5 Å². The molecule has 0 unspecified atom stereocenters. The van der Waals surface area contributed by atoms with Crippen molar-refractivity contribution in [1.29, 1.82) is 0 Å². The maximum Gasteiger partial charge on any atom is 0.248 e. The van der Waals surface area contributed by atoms with E-state index < -0.39 is 6.10 Å². The highest BCUT2D eigenvalue weighted by Crippen LogP contribution is 1.92. The summed E-state index contributed by atoms with van der Waals surface area (Å²) < 4.78 is 0. The summed E-state index contributed by atoms with van der Waals surface area (Å²) in [4.78, 5) is 10.8. The van der Waals surface area contributed by atoms with Gasteiger partial charge < -0.3 is 10.4 Å². The predicted octanol–water partition coefficient (Wildman–Crippen LogP) is -0.593. The molecule has 0 spiro atoms. The van der Waals surface area contributed by atoms with Crippen molar-refractivity contribution in [3.63, 3.8) is 0 Å². The first kappa shape index (κ1) is 8.73. The van der Waals surface area contributed by atoms with Gasteiger partial charge >= 0.3 is 0 Å². The van der Waals surface area contributed by atoms with Crippen molar-refractivity contribution < 1.29 is 9.90 Å². The molecular weight excluding hydrogens is 158 g/mol. The second-order valence-corrected chi connectivity index (χ2v) is 2.50. The molecular formula is C7H11N3O2. The molecule has 0 saturated heterocycles. The fourth-order valence-electron chi connectivity index (χ4n) is 0.711. The average molecular weight is 169 g/mol. The van der Waals surface area contributed by atoms with Crippen LogP contribution < -0.4 is 5.32 Å². The minimum atomic E-state index is -0.961. The first-order chi connectivity index (χ1) is 5.70. The average Bonchev–Trinajstić information content (AvgIpc) is 2.51. The van der Waals surface area contributed by atoms with E-state index in [-0.39, 0.29) is 5.91 Å². The van der Waals surface area contributed by atoms with Gasteiger partial charge in [0, 0.05) is 18.3 Å². The van der Waals surface area contributed by atoms with Gasteiger partial charge in [0.15, 0.2) is 0 Å². The zero-order valence-corrected chi connectivity index (χ0v) is 6.74. The molecule has 1 heterocycles. The Morgan fingerprint density at radius 3 is 3.17 bits per heavy atom. The third-order valence-electron chi connectivity index (χ3n) is 1.40. The van der Waals surface area contributed by atoms with E-state index in [9.17, 15) is 4.79 Å². The van der Waals surface area contributed by atoms with Crippen LogP contribution in [-0.4, -0.2) is 27.3 Å². The quantitative estimate of drug-likeness (QED) is 0.565. The largest absolute Gasteiger partial charge is 0.384 e. The van der Waals surface area contributed by atoms with E-state index in [0.717, 1.165) is 5.56 Å². The highest BCUT2D eigenvalue weighted by atomic mass is 16.3. The van der Waals surface area contributed by atoms with Crippen LogP contribution >= 0.6 is 0 Å². The summed E-state index contributed by atoms with van der Waals surface area (Å²) in [5.41, 5.74) is 0.879. The van der Waals surface area contributed by atoms with Gasteiger partial charge in [-0.25, -0.2) is 0 Å². The lowest BCUT2D eigenvalue weighted by Crippen LogP contribution is -2.31. The summed E-state index contributed by atoms with van der Waals surface area (Å²) in [5, 5.41) is 17.7. The molecule has 0 bridgehead atoms. The molecule has 5 heteroatoms. The van der Waals surface area contributed by atoms with E-state index in [1.54, 1.807) is 12.4 Å². The number of nitrogens with zero attached hydrogens (tertiary/aromatic N) is 1. The first-order valence-corrected chi connectivity index (χ1v) is 3.63. The molecule has 0 radical (unpaired) electrons. The van der Waals surface area contributed by atoms with Gasteiger partial charge in [-0.15, -0.1) is 0 Å². The number of aliphatic hydroxyl groups excluding tert-OH is 1. The third kappa shape index (κ3) is 2.35. The monoisotopic (exact) mass is 169 g/mol. The van der Waals surface area contributed by atoms with E-state index in [1.807, 2.05) is 0 Å². The Hall–Kier alpha value is -1.36. The number of carbonyl (C=O) groups excluding carboxylic acids is 1. The maximum atomic E-state index is 10.8. The Bertz CT molecular complexity index is 243. The molecule has 0 aromatic carbocycles. The molecule has 1 rings (SSSR count). The predicted molar refractivity (Wildman–Crippen MR) is 42.1 cm³/mol. The molecule has 1 atom stereocenters. The lowest BCUT2D eigenvalue weighted by molar-refractivity contribution is -0.128. The molecule has 12 heavy (non-hydrogen) atoms. The number of H-pyrrole nitrogens is 1. The van der Waals surface area contributed by atoms with E-state index in [4.69, 9.17) is 5.11 Å². The van der Waals surface area contributed by atoms with E-state index >= 15 is 0 Å². The molecule has 66 valence electrons. The summed E-state index contributed by atoms with van der Waals surface area (Å²) >= 11 is 0. The standard InChI is InChI=1S/C7H11N3O2/c1-5(11)7(12)8-2-6-3-9-10-4-6/h3-5,11H,2H2,1H3,(H,8,12)(H,9,10)/t5-/m1/s1. The van der Waals surface area contributed by atoms with Crippen LogP contribution in [0.4, 0.5) is 0 Å². The molecule has 0 saturated carbocycles. The number of hydrogen-bond acceptors (Lipinski definition) is 3. The van der Waals surface area contributed by atoms with Gasteiger partial charge in [0.2, 0.25) is 5.91 Å². The highest BCUT2D eigenvalue weighted by Gasteiger charge is 2.07. The first-order valence-electron chi connectivity index (χ1n) is 3.63. The summed E-state index contributed by atoms with van der Waals surface area (Å²) in [5.74, 6) is -0.379. The van der Waals surface area contributed by atoms with Gasteiger partial charge in [0.1, 0.15) is 6.10 Å². The Kier molecular flexibility index (Phi) is 2.82. The number of aliphatic hydroxyl groups is 1. The Labute approximate surface area is 69.8 Å². The van der Waals surface area contributed by atoms with Crippen molar-refractivity contribution in [2.75, 3.05) is 0 Å². The van der Waals surface area contributed by atoms with Crippen LogP contribution in [0.1, 0.15) is 12.5 Å². The van der Waals surface area contributed by atoms with Crippen LogP contribution in [0.15, 0.2) is 12.4 Å². The molecule has 1 aromatic rings. The third-order valence-corrected chi connectivity index (χ3v) is 1.40. The topological polar surface area (TPSA) is 78.0 Å². The summed E-state index contributed by atoms with van der Waals surface area (Å²) in [6.07, 6.45) is 2.34. The van der Waals surface area contributed by atoms with E-state index in [1.165, 1.54) is 6.92 Å². The number of carbonyl (C=O) groups is 1. The zero-order valence-electron chi connectivity index (χ0n) is 6.74. The number of aromatic amines is 1. The van der Waals surface area contributed by atoms with Crippen LogP contribution in [0, 0.1) is 0 Å². The molecule has 0 aliphatic rings.